The molecule has 2 saturated heterocycles. The molecular weight excluding hydrogens is 306 g/mol. The second-order valence-corrected chi connectivity index (χ2v) is 6.44. The molecule has 0 aliphatic carbocycles. The molecule has 1 aromatic carbocycles. The lowest BCUT2D eigenvalue weighted by Gasteiger charge is -2.43. The molecule has 1 atom stereocenters. The van der Waals surface area contributed by atoms with Gasteiger partial charge in [0, 0.05) is 19.3 Å². The van der Waals surface area contributed by atoms with E-state index in [1.54, 1.807) is 4.68 Å². The summed E-state index contributed by atoms with van der Waals surface area (Å²) in [4.78, 5) is 15.1. The summed E-state index contributed by atoms with van der Waals surface area (Å²) in [6, 6.07) is 9.83. The van der Waals surface area contributed by atoms with E-state index in [1.165, 1.54) is 0 Å². The van der Waals surface area contributed by atoms with Gasteiger partial charge in [0.25, 0.3) is 5.91 Å². The third-order valence-electron chi connectivity index (χ3n) is 4.88. The summed E-state index contributed by atoms with van der Waals surface area (Å²) in [5.74, 6) is 0.0171. The van der Waals surface area contributed by atoms with Gasteiger partial charge < -0.3 is 14.4 Å². The zero-order valence-corrected chi connectivity index (χ0v) is 13.8. The minimum Gasteiger partial charge on any atom is -0.379 e. The van der Waals surface area contributed by atoms with Crippen LogP contribution in [0.2, 0.25) is 0 Å². The maximum atomic E-state index is 13.2. The molecule has 24 heavy (non-hydrogen) atoms. The monoisotopic (exact) mass is 327 g/mol. The molecule has 1 aromatic heterocycles. The number of rotatable bonds is 2. The van der Waals surface area contributed by atoms with Crippen LogP contribution < -0.4 is 0 Å². The zero-order chi connectivity index (χ0) is 16.6. The highest BCUT2D eigenvalue weighted by Crippen LogP contribution is 2.31. The Morgan fingerprint density at radius 3 is 2.67 bits per heavy atom. The first-order valence-electron chi connectivity index (χ1n) is 8.29. The van der Waals surface area contributed by atoms with Crippen molar-refractivity contribution in [2.75, 3.05) is 33.0 Å². The highest BCUT2D eigenvalue weighted by Gasteiger charge is 2.46. The lowest BCUT2D eigenvalue weighted by Crippen LogP contribution is -2.59. The van der Waals surface area contributed by atoms with Crippen LogP contribution in [-0.4, -0.2) is 59.1 Å². The van der Waals surface area contributed by atoms with E-state index < -0.39 is 0 Å². The lowest BCUT2D eigenvalue weighted by molar-refractivity contribution is -0.0551. The summed E-state index contributed by atoms with van der Waals surface area (Å²) in [5.41, 5.74) is 2.01. The predicted molar refractivity (Wildman–Crippen MR) is 88.3 cm³/mol. The van der Waals surface area contributed by atoms with Crippen molar-refractivity contribution in [3.05, 3.63) is 47.8 Å². The number of hydrogen-bond donors (Lipinski definition) is 0. The average molecular weight is 327 g/mol. The molecule has 126 valence electrons. The molecule has 6 heteroatoms. The van der Waals surface area contributed by atoms with Crippen molar-refractivity contribution >= 4 is 5.91 Å². The molecule has 0 radical (unpaired) electrons. The molecular formula is C18H21N3O3. The maximum absolute atomic E-state index is 13.2. The van der Waals surface area contributed by atoms with E-state index in [9.17, 15) is 4.79 Å². The molecule has 0 saturated carbocycles. The first kappa shape index (κ1) is 15.4. The van der Waals surface area contributed by atoms with Crippen LogP contribution in [0.1, 0.15) is 22.5 Å². The Morgan fingerprint density at radius 2 is 1.92 bits per heavy atom. The van der Waals surface area contributed by atoms with Gasteiger partial charge in [-0.25, -0.2) is 4.68 Å². The molecule has 2 aromatic rings. The van der Waals surface area contributed by atoms with Gasteiger partial charge in [-0.05, 0) is 25.5 Å². The van der Waals surface area contributed by atoms with Crippen molar-refractivity contribution < 1.29 is 14.3 Å². The Morgan fingerprint density at radius 1 is 1.17 bits per heavy atom. The molecule has 0 bridgehead atoms. The molecule has 2 aliphatic rings. The summed E-state index contributed by atoms with van der Waals surface area (Å²) in [7, 11) is 0. The lowest BCUT2D eigenvalue weighted by atomic mass is 9.95. The van der Waals surface area contributed by atoms with Crippen LogP contribution in [0.5, 0.6) is 0 Å². The van der Waals surface area contributed by atoms with Gasteiger partial charge in [-0.3, -0.25) is 4.79 Å². The number of ether oxygens (including phenoxy) is 2. The topological polar surface area (TPSA) is 56.6 Å². The molecule has 4 rings (SSSR count). The molecule has 2 fully saturated rings. The smallest absolute Gasteiger partial charge is 0.258 e. The van der Waals surface area contributed by atoms with Crippen molar-refractivity contribution in [2.24, 2.45) is 0 Å². The van der Waals surface area contributed by atoms with Crippen molar-refractivity contribution in [2.45, 2.75) is 18.9 Å². The Hall–Kier alpha value is -2.18. The fraction of sp³-hybridized carbons (Fsp3) is 0.444. The van der Waals surface area contributed by atoms with Crippen LogP contribution in [0.4, 0.5) is 0 Å². The van der Waals surface area contributed by atoms with Crippen molar-refractivity contribution in [3.63, 3.8) is 0 Å². The minimum absolute atomic E-state index is 0.0171. The van der Waals surface area contributed by atoms with Crippen LogP contribution in [-0.2, 0) is 9.47 Å². The van der Waals surface area contributed by atoms with E-state index in [-0.39, 0.29) is 11.4 Å². The standard InChI is InChI=1S/C18H21N3O3/c1-14-16(11-21(19-14)15-5-3-2-4-6-15)17(22)20-8-10-24-13-18(20)7-9-23-12-18/h2-6,11H,7-10,12-13H2,1H3/t18-/m1/s1. The second kappa shape index (κ2) is 6.03. The fourth-order valence-corrected chi connectivity index (χ4v) is 3.50. The van der Waals surface area contributed by atoms with Gasteiger partial charge in [-0.15, -0.1) is 0 Å². The van der Waals surface area contributed by atoms with Gasteiger partial charge in [-0.2, -0.15) is 5.10 Å². The third-order valence-corrected chi connectivity index (χ3v) is 4.88. The number of benzene rings is 1. The van der Waals surface area contributed by atoms with E-state index in [4.69, 9.17) is 9.47 Å². The van der Waals surface area contributed by atoms with Crippen LogP contribution in [0.15, 0.2) is 36.5 Å². The largest absolute Gasteiger partial charge is 0.379 e. The Bertz CT molecular complexity index is 735. The van der Waals surface area contributed by atoms with Crippen molar-refractivity contribution in [1.82, 2.24) is 14.7 Å². The summed E-state index contributed by atoms with van der Waals surface area (Å²) in [6.45, 7) is 4.81. The maximum Gasteiger partial charge on any atom is 0.258 e. The average Bonchev–Trinajstić information content (AvgIpc) is 3.23. The van der Waals surface area contributed by atoms with Gasteiger partial charge in [0.15, 0.2) is 0 Å². The molecule has 0 unspecified atom stereocenters. The number of carbonyl (C=O) groups is 1. The number of morpholine rings is 1. The van der Waals surface area contributed by atoms with Crippen molar-refractivity contribution in [1.29, 1.82) is 0 Å². The Kier molecular flexibility index (Phi) is 3.86. The van der Waals surface area contributed by atoms with E-state index in [0.29, 0.717) is 38.5 Å². The SMILES string of the molecule is Cc1nn(-c2ccccc2)cc1C(=O)N1CCOC[C@]12CCOC2. The highest BCUT2D eigenvalue weighted by molar-refractivity contribution is 5.95. The number of aryl methyl sites for hydroxylation is 1. The molecule has 1 amide bonds. The zero-order valence-electron chi connectivity index (χ0n) is 13.8. The summed E-state index contributed by atoms with van der Waals surface area (Å²) >= 11 is 0. The summed E-state index contributed by atoms with van der Waals surface area (Å²) in [5, 5.41) is 4.52. The Balaban J connectivity index is 1.66. The second-order valence-electron chi connectivity index (χ2n) is 6.44. The number of hydrogen-bond acceptors (Lipinski definition) is 4. The predicted octanol–water partition coefficient (Wildman–Crippen LogP) is 1.81. The van der Waals surface area contributed by atoms with Crippen LogP contribution in [0.25, 0.3) is 5.69 Å². The van der Waals surface area contributed by atoms with Crippen LogP contribution in [0, 0.1) is 6.92 Å². The molecule has 0 N–H and O–H groups in total. The van der Waals surface area contributed by atoms with E-state index in [1.807, 2.05) is 48.4 Å². The normalized spacial score (nSPS) is 23.8. The molecule has 6 nitrogen and oxygen atoms in total. The first-order chi connectivity index (χ1) is 11.7. The number of nitrogens with zero attached hydrogens (tertiary/aromatic N) is 3. The molecule has 3 heterocycles. The number of carbonyl (C=O) groups excluding carboxylic acids is 1. The number of aromatic nitrogens is 2. The molecule has 2 aliphatic heterocycles. The van der Waals surface area contributed by atoms with Gasteiger partial charge in [-0.1, -0.05) is 18.2 Å². The van der Waals surface area contributed by atoms with Gasteiger partial charge in [0.05, 0.1) is 42.3 Å². The highest BCUT2D eigenvalue weighted by atomic mass is 16.5. The summed E-state index contributed by atoms with van der Waals surface area (Å²) < 4.78 is 13.0. The van der Waals surface area contributed by atoms with E-state index in [2.05, 4.69) is 5.10 Å². The molecule has 1 spiro atoms. The fourth-order valence-electron chi connectivity index (χ4n) is 3.50. The van der Waals surface area contributed by atoms with Crippen LogP contribution in [0.3, 0.4) is 0 Å². The van der Waals surface area contributed by atoms with Gasteiger partial charge in [0.2, 0.25) is 0 Å². The number of para-hydroxylation sites is 1. The number of amides is 1. The van der Waals surface area contributed by atoms with Crippen LogP contribution >= 0.6 is 0 Å². The quantitative estimate of drug-likeness (QED) is 0.844. The Labute approximate surface area is 141 Å². The summed E-state index contributed by atoms with van der Waals surface area (Å²) in [6.07, 6.45) is 2.65. The van der Waals surface area contributed by atoms with Crippen molar-refractivity contribution in [3.8, 4) is 5.69 Å². The first-order valence-corrected chi connectivity index (χ1v) is 8.29. The van der Waals surface area contributed by atoms with E-state index in [0.717, 1.165) is 17.8 Å². The van der Waals surface area contributed by atoms with E-state index >= 15 is 0 Å². The third kappa shape index (κ3) is 2.52. The van der Waals surface area contributed by atoms with Gasteiger partial charge in [0.1, 0.15) is 0 Å². The minimum atomic E-state index is -0.323. The van der Waals surface area contributed by atoms with Gasteiger partial charge >= 0.3 is 0 Å².